The van der Waals surface area contributed by atoms with E-state index in [0.29, 0.717) is 18.3 Å². The van der Waals surface area contributed by atoms with Crippen LogP contribution in [0.25, 0.3) is 0 Å². The lowest BCUT2D eigenvalue weighted by Gasteiger charge is -2.19. The second kappa shape index (κ2) is 6.02. The fourth-order valence-electron chi connectivity index (χ4n) is 1.50. The van der Waals surface area contributed by atoms with Gasteiger partial charge in [0.2, 0.25) is 5.82 Å². The Hall–Kier alpha value is -1.92. The molecule has 0 unspecified atom stereocenters. The third-order valence-corrected chi connectivity index (χ3v) is 2.58. The first-order chi connectivity index (χ1) is 9.16. The normalized spacial score (nSPS) is 11.6. The Bertz CT molecular complexity index is 495. The van der Waals surface area contributed by atoms with Gasteiger partial charge in [-0.2, -0.15) is 4.98 Å². The summed E-state index contributed by atoms with van der Waals surface area (Å²) < 4.78 is 5.06. The molecule has 1 aromatic rings. The topological polar surface area (TPSA) is 90.2 Å². The Kier molecular flexibility index (Phi) is 4.86. The van der Waals surface area contributed by atoms with Crippen LogP contribution in [0.15, 0.2) is 0 Å². The molecule has 1 rings (SSSR count). The van der Waals surface area contributed by atoms with Gasteiger partial charge in [-0.05, 0) is 5.92 Å². The number of hydrogen-bond donors (Lipinski definition) is 1. The molecule has 7 heteroatoms. The van der Waals surface area contributed by atoms with E-state index in [1.54, 1.807) is 0 Å². The molecule has 1 aromatic heterocycles. The minimum atomic E-state index is -0.520. The largest absolute Gasteiger partial charge is 0.476 e. The summed E-state index contributed by atoms with van der Waals surface area (Å²) in [5.41, 5.74) is -0.544. The number of ether oxygens (including phenoxy) is 1. The van der Waals surface area contributed by atoms with Crippen LogP contribution in [0.4, 0.5) is 11.5 Å². The molecule has 1 N–H and O–H groups in total. The Morgan fingerprint density at radius 2 is 1.95 bits per heavy atom. The van der Waals surface area contributed by atoms with E-state index in [9.17, 15) is 10.1 Å². The van der Waals surface area contributed by atoms with E-state index in [-0.39, 0.29) is 22.8 Å². The van der Waals surface area contributed by atoms with Gasteiger partial charge in [0.25, 0.3) is 5.88 Å². The molecule has 0 aliphatic heterocycles. The summed E-state index contributed by atoms with van der Waals surface area (Å²) in [6.07, 6.45) is 0. The SMILES string of the molecule is COc1nc(C(C)(C)C)nc(NCC(C)C)c1[N+](=O)[O-]. The van der Waals surface area contributed by atoms with Crippen molar-refractivity contribution in [3.8, 4) is 5.88 Å². The lowest BCUT2D eigenvalue weighted by Crippen LogP contribution is -2.20. The van der Waals surface area contributed by atoms with Gasteiger partial charge in [0.05, 0.1) is 12.0 Å². The number of nitrogens with one attached hydrogen (secondary N) is 1. The molecule has 0 bridgehead atoms. The average molecular weight is 282 g/mol. The van der Waals surface area contributed by atoms with Crippen LogP contribution in [0.2, 0.25) is 0 Å². The highest BCUT2D eigenvalue weighted by molar-refractivity contribution is 5.62. The number of hydrogen-bond acceptors (Lipinski definition) is 6. The van der Waals surface area contributed by atoms with Crippen LogP contribution in [0.5, 0.6) is 5.88 Å². The molecule has 1 heterocycles. The second-order valence-corrected chi connectivity index (χ2v) is 6.04. The van der Waals surface area contributed by atoms with E-state index in [2.05, 4.69) is 15.3 Å². The predicted molar refractivity (Wildman–Crippen MR) is 77.3 cm³/mol. The number of anilines is 1. The molecule has 0 saturated heterocycles. The molecule has 112 valence electrons. The van der Waals surface area contributed by atoms with Gasteiger partial charge in [-0.3, -0.25) is 10.1 Å². The van der Waals surface area contributed by atoms with Crippen LogP contribution >= 0.6 is 0 Å². The number of nitrogens with zero attached hydrogens (tertiary/aromatic N) is 3. The standard InChI is InChI=1S/C13H22N4O3/c1-8(2)7-14-10-9(17(18)19)11(20-6)16-12(15-10)13(3,4)5/h8H,7H2,1-6H3,(H,14,15,16). The Balaban J connectivity index is 3.38. The molecule has 0 radical (unpaired) electrons. The first-order valence-electron chi connectivity index (χ1n) is 6.51. The van der Waals surface area contributed by atoms with Crippen LogP contribution in [0.1, 0.15) is 40.4 Å². The molecule has 20 heavy (non-hydrogen) atoms. The first-order valence-corrected chi connectivity index (χ1v) is 6.51. The Morgan fingerprint density at radius 1 is 1.35 bits per heavy atom. The fraction of sp³-hybridized carbons (Fsp3) is 0.692. The maximum absolute atomic E-state index is 11.2. The molecule has 0 amide bonds. The molecule has 0 spiro atoms. The van der Waals surface area contributed by atoms with Gasteiger partial charge >= 0.3 is 5.69 Å². The number of aromatic nitrogens is 2. The highest BCUT2D eigenvalue weighted by Gasteiger charge is 2.29. The molecule has 0 aliphatic carbocycles. The van der Waals surface area contributed by atoms with Crippen molar-refractivity contribution in [1.29, 1.82) is 0 Å². The van der Waals surface area contributed by atoms with Crippen molar-refractivity contribution in [3.63, 3.8) is 0 Å². The average Bonchev–Trinajstić information content (AvgIpc) is 2.33. The number of methoxy groups -OCH3 is 1. The van der Waals surface area contributed by atoms with Crippen molar-refractivity contribution in [2.24, 2.45) is 5.92 Å². The number of rotatable bonds is 5. The van der Waals surface area contributed by atoms with Gasteiger partial charge in [0.1, 0.15) is 5.82 Å². The van der Waals surface area contributed by atoms with E-state index in [0.717, 1.165) is 0 Å². The molecule has 0 aromatic carbocycles. The lowest BCUT2D eigenvalue weighted by atomic mass is 9.96. The van der Waals surface area contributed by atoms with Gasteiger partial charge in [0.15, 0.2) is 0 Å². The third-order valence-electron chi connectivity index (χ3n) is 2.58. The van der Waals surface area contributed by atoms with Gasteiger partial charge in [-0.15, -0.1) is 0 Å². The van der Waals surface area contributed by atoms with E-state index >= 15 is 0 Å². The van der Waals surface area contributed by atoms with Crippen molar-refractivity contribution in [2.75, 3.05) is 19.0 Å². The number of nitro groups is 1. The van der Waals surface area contributed by atoms with Crippen molar-refractivity contribution in [3.05, 3.63) is 15.9 Å². The van der Waals surface area contributed by atoms with E-state index in [1.807, 2.05) is 34.6 Å². The van der Waals surface area contributed by atoms with Crippen LogP contribution in [-0.4, -0.2) is 28.5 Å². The van der Waals surface area contributed by atoms with Crippen molar-refractivity contribution in [1.82, 2.24) is 9.97 Å². The molecule has 0 aliphatic rings. The fourth-order valence-corrected chi connectivity index (χ4v) is 1.50. The van der Waals surface area contributed by atoms with Gasteiger partial charge in [-0.25, -0.2) is 4.98 Å². The van der Waals surface area contributed by atoms with Crippen LogP contribution in [0, 0.1) is 16.0 Å². The lowest BCUT2D eigenvalue weighted by molar-refractivity contribution is -0.385. The Morgan fingerprint density at radius 3 is 2.35 bits per heavy atom. The minimum absolute atomic E-state index is 0.0128. The smallest absolute Gasteiger partial charge is 0.372 e. The Labute approximate surface area is 118 Å². The van der Waals surface area contributed by atoms with E-state index in [1.165, 1.54) is 7.11 Å². The summed E-state index contributed by atoms with van der Waals surface area (Å²) in [4.78, 5) is 19.2. The molecular formula is C13H22N4O3. The van der Waals surface area contributed by atoms with E-state index in [4.69, 9.17) is 4.74 Å². The summed E-state index contributed by atoms with van der Waals surface area (Å²) in [6, 6.07) is 0. The van der Waals surface area contributed by atoms with Crippen molar-refractivity contribution >= 4 is 11.5 Å². The second-order valence-electron chi connectivity index (χ2n) is 6.04. The van der Waals surface area contributed by atoms with Crippen LogP contribution < -0.4 is 10.1 Å². The van der Waals surface area contributed by atoms with Gasteiger partial charge in [-0.1, -0.05) is 34.6 Å². The highest BCUT2D eigenvalue weighted by Crippen LogP contribution is 2.34. The monoisotopic (exact) mass is 282 g/mol. The summed E-state index contributed by atoms with van der Waals surface area (Å²) >= 11 is 0. The summed E-state index contributed by atoms with van der Waals surface area (Å²) in [5.74, 6) is 1.04. The summed E-state index contributed by atoms with van der Waals surface area (Å²) in [6.45, 7) is 10.5. The molecule has 0 atom stereocenters. The predicted octanol–water partition coefficient (Wildman–Crippen LogP) is 2.76. The zero-order valence-corrected chi connectivity index (χ0v) is 12.9. The van der Waals surface area contributed by atoms with Crippen LogP contribution in [0.3, 0.4) is 0 Å². The molecule has 0 fully saturated rings. The maximum atomic E-state index is 11.2. The summed E-state index contributed by atoms with van der Waals surface area (Å²) in [7, 11) is 1.37. The van der Waals surface area contributed by atoms with Crippen molar-refractivity contribution in [2.45, 2.75) is 40.0 Å². The van der Waals surface area contributed by atoms with Gasteiger partial charge in [0, 0.05) is 12.0 Å². The summed E-state index contributed by atoms with van der Waals surface area (Å²) in [5, 5.41) is 14.2. The maximum Gasteiger partial charge on any atom is 0.372 e. The van der Waals surface area contributed by atoms with Gasteiger partial charge < -0.3 is 10.1 Å². The van der Waals surface area contributed by atoms with Crippen molar-refractivity contribution < 1.29 is 9.66 Å². The van der Waals surface area contributed by atoms with E-state index < -0.39 is 4.92 Å². The molecule has 0 saturated carbocycles. The zero-order valence-electron chi connectivity index (χ0n) is 12.9. The highest BCUT2D eigenvalue weighted by atomic mass is 16.6. The van der Waals surface area contributed by atoms with Crippen LogP contribution in [-0.2, 0) is 5.41 Å². The quantitative estimate of drug-likeness (QED) is 0.659. The molecule has 7 nitrogen and oxygen atoms in total. The zero-order chi connectivity index (χ0) is 15.5. The third kappa shape index (κ3) is 3.79. The first kappa shape index (κ1) is 16.1. The molecular weight excluding hydrogens is 260 g/mol. The minimum Gasteiger partial charge on any atom is -0.476 e.